The SMILES string of the molecule is CCCCCCCC/C=C\CCCCCCCCCC(=O)OCCCCCCCCCCC/C=C\C/C=C\CCCCCCCCCCCCCC(=O)NC(CO)C(O)CCCCCCCCCCCCCC. The lowest BCUT2D eigenvalue weighted by Gasteiger charge is -2.22. The maximum Gasteiger partial charge on any atom is 0.305 e. The minimum atomic E-state index is -0.665. The first-order valence-electron chi connectivity index (χ1n) is 32.7. The Labute approximate surface area is 455 Å². The second-order valence-electron chi connectivity index (χ2n) is 22.4. The fourth-order valence-corrected chi connectivity index (χ4v) is 10.1. The fourth-order valence-electron chi connectivity index (χ4n) is 10.1. The number of carbonyl (C=O) groups is 2. The lowest BCUT2D eigenvalue weighted by atomic mass is 10.0. The normalized spacial score (nSPS) is 12.8. The van der Waals surface area contributed by atoms with Crippen LogP contribution in [0, 0.1) is 0 Å². The van der Waals surface area contributed by atoms with Crippen molar-refractivity contribution in [3.05, 3.63) is 36.5 Å². The molecule has 6 nitrogen and oxygen atoms in total. The zero-order chi connectivity index (χ0) is 52.9. The second-order valence-corrected chi connectivity index (χ2v) is 22.4. The van der Waals surface area contributed by atoms with Gasteiger partial charge < -0.3 is 20.3 Å². The Bertz CT molecular complexity index is 1180. The van der Waals surface area contributed by atoms with Gasteiger partial charge in [0.05, 0.1) is 25.4 Å². The first kappa shape index (κ1) is 71.1. The van der Waals surface area contributed by atoms with E-state index < -0.39 is 12.1 Å². The standard InChI is InChI=1S/C67H127NO5/c1-3-5-7-9-11-13-15-17-18-30-34-37-41-45-49-53-57-61-67(72)73-62-58-54-50-46-42-38-35-32-29-27-25-23-21-19-20-22-24-26-28-31-33-36-40-44-48-52-56-60-66(71)68-64(63-69)65(70)59-55-51-47-43-39-16-14-12-10-8-6-4-2/h17-20,23,25,64-65,69-70H,3-16,21-22,24,26-63H2,1-2H3,(H,68,71)/b18-17-,20-19-,25-23-. The maximum absolute atomic E-state index is 12.5. The van der Waals surface area contributed by atoms with Gasteiger partial charge in [0.2, 0.25) is 5.91 Å². The molecule has 0 aromatic heterocycles. The first-order valence-corrected chi connectivity index (χ1v) is 32.7. The average Bonchev–Trinajstić information content (AvgIpc) is 3.39. The number of allylic oxidation sites excluding steroid dienone is 6. The Hall–Kier alpha value is -1.92. The van der Waals surface area contributed by atoms with Crippen LogP contribution < -0.4 is 5.32 Å². The summed E-state index contributed by atoms with van der Waals surface area (Å²) in [6.45, 7) is 4.95. The number of amides is 1. The number of aliphatic hydroxyl groups excluding tert-OH is 2. The topological polar surface area (TPSA) is 95.9 Å². The quantitative estimate of drug-likeness (QED) is 0.0320. The highest BCUT2D eigenvalue weighted by Gasteiger charge is 2.20. The van der Waals surface area contributed by atoms with E-state index in [1.165, 1.54) is 270 Å². The minimum absolute atomic E-state index is 0.00746. The molecule has 430 valence electrons. The number of unbranched alkanes of at least 4 members (excludes halogenated alkanes) is 44. The molecule has 0 spiro atoms. The third-order valence-corrected chi connectivity index (χ3v) is 15.2. The van der Waals surface area contributed by atoms with Gasteiger partial charge in [-0.1, -0.05) is 294 Å². The van der Waals surface area contributed by atoms with Crippen molar-refractivity contribution in [2.24, 2.45) is 0 Å². The summed E-state index contributed by atoms with van der Waals surface area (Å²) in [7, 11) is 0. The molecule has 0 fully saturated rings. The summed E-state index contributed by atoms with van der Waals surface area (Å²) >= 11 is 0. The highest BCUT2D eigenvalue weighted by Crippen LogP contribution is 2.17. The predicted molar refractivity (Wildman–Crippen MR) is 319 cm³/mol. The summed E-state index contributed by atoms with van der Waals surface area (Å²) in [6, 6.07) is -0.543. The smallest absolute Gasteiger partial charge is 0.305 e. The van der Waals surface area contributed by atoms with Crippen LogP contribution in [0.5, 0.6) is 0 Å². The lowest BCUT2D eigenvalue weighted by molar-refractivity contribution is -0.143. The van der Waals surface area contributed by atoms with Gasteiger partial charge in [0.1, 0.15) is 0 Å². The molecular weight excluding hydrogens is 899 g/mol. The Morgan fingerprint density at radius 1 is 0.384 bits per heavy atom. The summed E-state index contributed by atoms with van der Waals surface area (Å²) in [5.74, 6) is -0.0303. The van der Waals surface area contributed by atoms with Gasteiger partial charge in [-0.05, 0) is 83.5 Å². The number of esters is 1. The van der Waals surface area contributed by atoms with Crippen LogP contribution in [-0.2, 0) is 14.3 Å². The maximum atomic E-state index is 12.5. The Balaban J connectivity index is 3.40. The number of hydrogen-bond acceptors (Lipinski definition) is 5. The van der Waals surface area contributed by atoms with Crippen LogP contribution in [0.15, 0.2) is 36.5 Å². The molecule has 73 heavy (non-hydrogen) atoms. The highest BCUT2D eigenvalue weighted by atomic mass is 16.5. The van der Waals surface area contributed by atoms with Crippen molar-refractivity contribution < 1.29 is 24.5 Å². The van der Waals surface area contributed by atoms with Crippen molar-refractivity contribution in [1.29, 1.82) is 0 Å². The second kappa shape index (κ2) is 62.6. The van der Waals surface area contributed by atoms with Crippen molar-refractivity contribution in [3.8, 4) is 0 Å². The third kappa shape index (κ3) is 59.2. The highest BCUT2D eigenvalue weighted by molar-refractivity contribution is 5.76. The molecule has 3 N–H and O–H groups in total. The molecule has 0 aliphatic heterocycles. The van der Waals surface area contributed by atoms with Crippen LogP contribution in [0.25, 0.3) is 0 Å². The third-order valence-electron chi connectivity index (χ3n) is 15.2. The van der Waals surface area contributed by atoms with Gasteiger partial charge in [-0.15, -0.1) is 0 Å². The Morgan fingerprint density at radius 2 is 0.685 bits per heavy atom. The summed E-state index contributed by atoms with van der Waals surface area (Å²) in [5, 5.41) is 23.2. The van der Waals surface area contributed by atoms with Crippen molar-refractivity contribution in [2.45, 2.75) is 366 Å². The minimum Gasteiger partial charge on any atom is -0.466 e. The van der Waals surface area contributed by atoms with E-state index in [1.807, 2.05) is 0 Å². The first-order chi connectivity index (χ1) is 36.0. The molecule has 0 radical (unpaired) electrons. The molecule has 2 unspecified atom stereocenters. The summed E-state index contributed by atoms with van der Waals surface area (Å²) in [4.78, 5) is 24.5. The molecule has 0 aromatic carbocycles. The van der Waals surface area contributed by atoms with Gasteiger partial charge in [-0.2, -0.15) is 0 Å². The van der Waals surface area contributed by atoms with Crippen molar-refractivity contribution in [1.82, 2.24) is 5.32 Å². The Kier molecular flexibility index (Phi) is 61.0. The molecule has 0 saturated carbocycles. The van der Waals surface area contributed by atoms with Gasteiger partial charge in [0.15, 0.2) is 0 Å². The van der Waals surface area contributed by atoms with Crippen molar-refractivity contribution in [2.75, 3.05) is 13.2 Å². The van der Waals surface area contributed by atoms with Gasteiger partial charge >= 0.3 is 5.97 Å². The van der Waals surface area contributed by atoms with Crippen LogP contribution in [0.4, 0.5) is 0 Å². The van der Waals surface area contributed by atoms with Crippen LogP contribution in [0.3, 0.4) is 0 Å². The molecule has 0 aliphatic rings. The molecule has 1 amide bonds. The average molecular weight is 1030 g/mol. The van der Waals surface area contributed by atoms with E-state index in [4.69, 9.17) is 4.74 Å². The monoisotopic (exact) mass is 1030 g/mol. The van der Waals surface area contributed by atoms with Gasteiger partial charge in [0, 0.05) is 12.8 Å². The van der Waals surface area contributed by atoms with Gasteiger partial charge in [-0.3, -0.25) is 9.59 Å². The van der Waals surface area contributed by atoms with E-state index in [1.54, 1.807) is 0 Å². The van der Waals surface area contributed by atoms with E-state index in [-0.39, 0.29) is 18.5 Å². The molecule has 0 rings (SSSR count). The summed E-state index contributed by atoms with van der Waals surface area (Å²) in [5.41, 5.74) is 0. The molecule has 0 heterocycles. The molecule has 0 saturated heterocycles. The number of ether oxygens (including phenoxy) is 1. The lowest BCUT2D eigenvalue weighted by Crippen LogP contribution is -2.45. The zero-order valence-electron chi connectivity index (χ0n) is 49.1. The van der Waals surface area contributed by atoms with Gasteiger partial charge in [0.25, 0.3) is 0 Å². The van der Waals surface area contributed by atoms with Crippen LogP contribution >= 0.6 is 0 Å². The van der Waals surface area contributed by atoms with Gasteiger partial charge in [-0.25, -0.2) is 0 Å². The molecule has 0 aliphatic carbocycles. The predicted octanol–water partition coefficient (Wildman–Crippen LogP) is 20.8. The van der Waals surface area contributed by atoms with E-state index in [0.717, 1.165) is 51.4 Å². The number of rotatable bonds is 61. The van der Waals surface area contributed by atoms with Crippen molar-refractivity contribution in [3.63, 3.8) is 0 Å². The van der Waals surface area contributed by atoms with Crippen LogP contribution in [0.1, 0.15) is 354 Å². The number of carbonyl (C=O) groups excluding carboxylic acids is 2. The summed E-state index contributed by atoms with van der Waals surface area (Å²) in [6.07, 6.45) is 78.9. The van der Waals surface area contributed by atoms with Crippen molar-refractivity contribution >= 4 is 11.9 Å². The molecule has 0 aromatic rings. The molecular formula is C67H127NO5. The molecule has 6 heteroatoms. The van der Waals surface area contributed by atoms with E-state index in [9.17, 15) is 19.8 Å². The number of nitrogens with one attached hydrogen (secondary N) is 1. The van der Waals surface area contributed by atoms with E-state index >= 15 is 0 Å². The van der Waals surface area contributed by atoms with Crippen LogP contribution in [0.2, 0.25) is 0 Å². The number of hydrogen-bond donors (Lipinski definition) is 3. The molecule has 2 atom stereocenters. The summed E-state index contributed by atoms with van der Waals surface area (Å²) < 4.78 is 5.49. The number of aliphatic hydroxyl groups is 2. The zero-order valence-corrected chi connectivity index (χ0v) is 49.1. The van der Waals surface area contributed by atoms with E-state index in [0.29, 0.717) is 25.9 Å². The van der Waals surface area contributed by atoms with Crippen LogP contribution in [-0.4, -0.2) is 47.4 Å². The van der Waals surface area contributed by atoms with E-state index in [2.05, 4.69) is 55.6 Å². The fraction of sp³-hybridized carbons (Fsp3) is 0.881. The largest absolute Gasteiger partial charge is 0.466 e. The molecule has 0 bridgehead atoms. The Morgan fingerprint density at radius 3 is 1.05 bits per heavy atom.